The first kappa shape index (κ1) is 26.8. The fourth-order valence-corrected chi connectivity index (χ4v) is 3.54. The average molecular weight is 403 g/mol. The molecule has 0 aliphatic rings. The van der Waals surface area contributed by atoms with E-state index < -0.39 is 9.03 Å². The Bertz CT molecular complexity index is 303. The van der Waals surface area contributed by atoms with Crippen LogP contribution in [-0.2, 0) is 9.32 Å². The van der Waals surface area contributed by atoms with Crippen molar-refractivity contribution in [3.05, 3.63) is 0 Å². The van der Waals surface area contributed by atoms with Crippen LogP contribution in [-0.4, -0.2) is 19.1 Å². The van der Waals surface area contributed by atoms with Crippen molar-refractivity contribution >= 4 is 14.9 Å². The number of amides is 1. The first-order chi connectivity index (χ1) is 13.3. The first-order valence-electron chi connectivity index (χ1n) is 11.6. The zero-order valence-corrected chi connectivity index (χ0v) is 18.9. The van der Waals surface area contributed by atoms with E-state index in [1.165, 1.54) is 77.0 Å². The van der Waals surface area contributed by atoms with Crippen LogP contribution in [0.25, 0.3) is 0 Å². The van der Waals surface area contributed by atoms with Crippen LogP contribution >= 0.6 is 9.03 Å². The summed E-state index contributed by atoms with van der Waals surface area (Å²) in [6.07, 6.45) is 22.2. The van der Waals surface area contributed by atoms with Gasteiger partial charge in [0.2, 0.25) is 5.91 Å². The van der Waals surface area contributed by atoms with E-state index in [1.54, 1.807) is 0 Å². The molecule has 0 rings (SSSR count). The van der Waals surface area contributed by atoms with E-state index in [0.717, 1.165) is 38.6 Å². The molecule has 0 aliphatic heterocycles. The molecule has 0 bridgehead atoms. The Morgan fingerprint density at radius 2 is 1.22 bits per heavy atom. The van der Waals surface area contributed by atoms with Crippen LogP contribution in [0.15, 0.2) is 0 Å². The summed E-state index contributed by atoms with van der Waals surface area (Å²) in [5, 5.41) is 3.01. The lowest BCUT2D eigenvalue weighted by atomic mass is 10.0. The van der Waals surface area contributed by atoms with Gasteiger partial charge in [-0.05, 0) is 19.3 Å². The molecule has 0 aliphatic carbocycles. The quantitative estimate of drug-likeness (QED) is 0.178. The van der Waals surface area contributed by atoms with Crippen LogP contribution in [0.3, 0.4) is 0 Å². The molecule has 1 N–H and O–H groups in total. The average Bonchev–Trinajstić information content (AvgIpc) is 2.67. The molecule has 0 aromatic heterocycles. The van der Waals surface area contributed by atoms with E-state index in [1.807, 2.05) is 0 Å². The lowest BCUT2D eigenvalue weighted by Gasteiger charge is -2.07. The van der Waals surface area contributed by atoms with Crippen molar-refractivity contribution in [3.63, 3.8) is 0 Å². The molecule has 0 saturated heterocycles. The Kier molecular flexibility index (Phi) is 23.7. The lowest BCUT2D eigenvalue weighted by molar-refractivity contribution is -0.169. The second-order valence-electron chi connectivity index (χ2n) is 7.69. The van der Waals surface area contributed by atoms with E-state index in [-0.39, 0.29) is 5.91 Å². The molecule has 0 fully saturated rings. The van der Waals surface area contributed by atoms with Crippen LogP contribution in [0.2, 0.25) is 0 Å². The summed E-state index contributed by atoms with van der Waals surface area (Å²) in [4.78, 5) is 21.9. The maximum absolute atomic E-state index is 11.8. The normalized spacial score (nSPS) is 11.5. The van der Waals surface area contributed by atoms with Crippen LogP contribution in [0.5, 0.6) is 0 Å². The minimum absolute atomic E-state index is 0.203. The van der Waals surface area contributed by atoms with Crippen molar-refractivity contribution in [2.75, 3.05) is 13.2 Å². The van der Waals surface area contributed by atoms with E-state index >= 15 is 0 Å². The van der Waals surface area contributed by atoms with Gasteiger partial charge in [-0.2, -0.15) is 0 Å². The van der Waals surface area contributed by atoms with Gasteiger partial charge in [0.15, 0.2) is 0 Å². The van der Waals surface area contributed by atoms with Gasteiger partial charge in [-0.3, -0.25) is 4.79 Å². The molecule has 0 spiro atoms. The van der Waals surface area contributed by atoms with Gasteiger partial charge in [0, 0.05) is 19.6 Å². The third-order valence-electron chi connectivity index (χ3n) is 5.06. The summed E-state index contributed by atoms with van der Waals surface area (Å²) in [7, 11) is -0.642. The van der Waals surface area contributed by atoms with E-state index in [4.69, 9.17) is 4.52 Å². The summed E-state index contributed by atoms with van der Waals surface area (Å²) in [6.45, 7) is 3.63. The van der Waals surface area contributed by atoms with E-state index in [2.05, 4.69) is 12.2 Å². The predicted octanol–water partition coefficient (Wildman–Crippen LogP) is 6.03. The summed E-state index contributed by atoms with van der Waals surface area (Å²) in [6, 6.07) is 0. The zero-order valence-electron chi connectivity index (χ0n) is 17.9. The van der Waals surface area contributed by atoms with Crippen molar-refractivity contribution in [2.24, 2.45) is 0 Å². The maximum atomic E-state index is 11.8. The van der Waals surface area contributed by atoms with Crippen molar-refractivity contribution in [1.82, 2.24) is 5.32 Å². The number of hydrogen-bond acceptors (Lipinski definition) is 3. The van der Waals surface area contributed by atoms with Gasteiger partial charge in [-0.1, -0.05) is 106 Å². The van der Waals surface area contributed by atoms with Crippen LogP contribution < -0.4 is 10.2 Å². The molecule has 1 unspecified atom stereocenters. The molecular weight excluding hydrogens is 357 g/mol. The number of unbranched alkanes of at least 4 members (excludes halogenated alkanes) is 15. The molecular formula is C22H45NO3P-. The van der Waals surface area contributed by atoms with E-state index in [0.29, 0.717) is 13.0 Å². The number of rotatable bonds is 22. The summed E-state index contributed by atoms with van der Waals surface area (Å²) < 4.78 is 4.79. The van der Waals surface area contributed by atoms with Gasteiger partial charge in [0.1, 0.15) is 0 Å². The highest BCUT2D eigenvalue weighted by Crippen LogP contribution is 2.13. The minimum atomic E-state index is -0.642. The topological polar surface area (TPSA) is 61.4 Å². The summed E-state index contributed by atoms with van der Waals surface area (Å²) >= 11 is 0. The lowest BCUT2D eigenvalue weighted by Crippen LogP contribution is -2.23. The first-order valence-corrected chi connectivity index (χ1v) is 12.4. The highest BCUT2D eigenvalue weighted by Gasteiger charge is 2.00. The standard InChI is InChI=1S/C22H45NO3P/c1-2-3-4-5-6-7-8-9-10-11-12-13-16-19-22(24)23-20-17-14-15-18-21-26-27-25/h27H,2-21H2,1H3,(H,23,24)/q-1. The second-order valence-corrected chi connectivity index (χ2v) is 8.14. The highest BCUT2D eigenvalue weighted by molar-refractivity contribution is 7.23. The Morgan fingerprint density at radius 3 is 1.78 bits per heavy atom. The fraction of sp³-hybridized carbons (Fsp3) is 0.955. The highest BCUT2D eigenvalue weighted by atomic mass is 31.1. The summed E-state index contributed by atoms with van der Waals surface area (Å²) in [5.74, 6) is 0.203. The van der Waals surface area contributed by atoms with Gasteiger partial charge in [0.05, 0.1) is 0 Å². The predicted molar refractivity (Wildman–Crippen MR) is 116 cm³/mol. The number of nitrogens with one attached hydrogen (secondary N) is 1. The molecule has 0 aromatic carbocycles. The van der Waals surface area contributed by atoms with Gasteiger partial charge in [0.25, 0.3) is 0 Å². The van der Waals surface area contributed by atoms with Crippen molar-refractivity contribution in [3.8, 4) is 0 Å². The fourth-order valence-electron chi connectivity index (χ4n) is 3.31. The zero-order chi connectivity index (χ0) is 19.8. The third kappa shape index (κ3) is 23.8. The molecule has 5 heteroatoms. The van der Waals surface area contributed by atoms with E-state index in [9.17, 15) is 9.69 Å². The van der Waals surface area contributed by atoms with Crippen LogP contribution in [0.1, 0.15) is 122 Å². The van der Waals surface area contributed by atoms with Crippen molar-refractivity contribution in [2.45, 2.75) is 122 Å². The molecule has 0 aromatic rings. The van der Waals surface area contributed by atoms with Gasteiger partial charge in [-0.25, -0.2) is 0 Å². The molecule has 4 nitrogen and oxygen atoms in total. The number of carbonyl (C=O) groups excluding carboxylic acids is 1. The minimum Gasteiger partial charge on any atom is -0.810 e. The van der Waals surface area contributed by atoms with Crippen molar-refractivity contribution in [1.29, 1.82) is 0 Å². The Morgan fingerprint density at radius 1 is 0.741 bits per heavy atom. The SMILES string of the molecule is CCCCCCCCCCCCCCCC(=O)NCCCCCCOP[O-]. The van der Waals surface area contributed by atoms with Crippen LogP contribution in [0, 0.1) is 0 Å². The smallest absolute Gasteiger partial charge is 0.219 e. The molecule has 0 saturated carbocycles. The molecule has 0 heterocycles. The van der Waals surface area contributed by atoms with Crippen LogP contribution in [0.4, 0.5) is 0 Å². The van der Waals surface area contributed by atoms with Gasteiger partial charge in [-0.15, -0.1) is 0 Å². The van der Waals surface area contributed by atoms with Gasteiger partial charge < -0.3 is 14.7 Å². The largest absolute Gasteiger partial charge is 0.810 e. The molecule has 1 amide bonds. The Labute approximate surface area is 170 Å². The third-order valence-corrected chi connectivity index (χ3v) is 5.38. The summed E-state index contributed by atoms with van der Waals surface area (Å²) in [5.41, 5.74) is 0. The maximum Gasteiger partial charge on any atom is 0.219 e. The molecule has 27 heavy (non-hydrogen) atoms. The molecule has 0 radical (unpaired) electrons. The van der Waals surface area contributed by atoms with Gasteiger partial charge >= 0.3 is 0 Å². The monoisotopic (exact) mass is 402 g/mol. The molecule has 162 valence electrons. The number of carbonyl (C=O) groups is 1. The second kappa shape index (κ2) is 23.9. The molecule has 1 atom stereocenters. The Balaban J connectivity index is 3.12. The van der Waals surface area contributed by atoms with Crippen molar-refractivity contribution < 1.29 is 14.2 Å². The Hall–Kier alpha value is -0.180. The number of hydrogen-bond donors (Lipinski definition) is 1.